The van der Waals surface area contributed by atoms with Crippen molar-refractivity contribution in [2.45, 2.75) is 25.1 Å². The Morgan fingerprint density at radius 3 is 2.71 bits per heavy atom. The Balaban J connectivity index is 1.88. The molecule has 6 heteroatoms. The number of rotatable bonds is 4. The first-order valence-electron chi connectivity index (χ1n) is 5.22. The van der Waals surface area contributed by atoms with Crippen LogP contribution >= 0.6 is 0 Å². The topological polar surface area (TPSA) is 34.5 Å². The molecule has 1 saturated carbocycles. The number of nitrogens with zero attached hydrogens (tertiary/aromatic N) is 2. The maximum Gasteiger partial charge on any atom is 0.407 e. The summed E-state index contributed by atoms with van der Waals surface area (Å²) in [5.74, 6) is 0.500. The molecule has 1 aromatic rings. The van der Waals surface area contributed by atoms with Crippen LogP contribution in [0.25, 0.3) is 0 Å². The lowest BCUT2D eigenvalue weighted by Crippen LogP contribution is -2.11. The van der Waals surface area contributed by atoms with Crippen LogP contribution in [0.1, 0.15) is 18.4 Å². The monoisotopic (exact) mass is 244 g/mol. The molecule has 2 rings (SSSR count). The van der Waals surface area contributed by atoms with Crippen molar-refractivity contribution < 1.29 is 17.9 Å². The SMILES string of the molecule is FC(F)(F)C/N=C/c1ccc(OC2CC2)nc1. The van der Waals surface area contributed by atoms with Gasteiger partial charge in [-0.15, -0.1) is 0 Å². The van der Waals surface area contributed by atoms with Gasteiger partial charge in [0.05, 0.1) is 0 Å². The average molecular weight is 244 g/mol. The summed E-state index contributed by atoms with van der Waals surface area (Å²) in [6, 6.07) is 3.26. The number of alkyl halides is 3. The molecule has 0 unspecified atom stereocenters. The molecule has 1 fully saturated rings. The van der Waals surface area contributed by atoms with Gasteiger partial charge in [-0.05, 0) is 18.9 Å². The number of aliphatic imine (C=N–C) groups is 1. The lowest BCUT2D eigenvalue weighted by atomic mass is 10.3. The summed E-state index contributed by atoms with van der Waals surface area (Å²) in [5, 5.41) is 0. The molecule has 0 aliphatic heterocycles. The van der Waals surface area contributed by atoms with Gasteiger partial charge in [0.2, 0.25) is 5.88 Å². The van der Waals surface area contributed by atoms with Crippen molar-refractivity contribution in [2.24, 2.45) is 4.99 Å². The summed E-state index contributed by atoms with van der Waals surface area (Å²) in [6.07, 6.45) is 0.664. The van der Waals surface area contributed by atoms with Gasteiger partial charge in [-0.25, -0.2) is 4.98 Å². The minimum Gasteiger partial charge on any atom is -0.474 e. The average Bonchev–Trinajstić information content (AvgIpc) is 3.03. The van der Waals surface area contributed by atoms with Gasteiger partial charge in [-0.2, -0.15) is 13.2 Å². The molecular weight excluding hydrogens is 233 g/mol. The molecule has 0 aromatic carbocycles. The van der Waals surface area contributed by atoms with Crippen molar-refractivity contribution in [1.82, 2.24) is 4.98 Å². The van der Waals surface area contributed by atoms with E-state index in [-0.39, 0.29) is 6.10 Å². The smallest absolute Gasteiger partial charge is 0.407 e. The number of hydrogen-bond donors (Lipinski definition) is 0. The molecule has 0 bridgehead atoms. The minimum absolute atomic E-state index is 0.257. The summed E-state index contributed by atoms with van der Waals surface area (Å²) in [7, 11) is 0. The van der Waals surface area contributed by atoms with E-state index in [1.807, 2.05) is 0 Å². The second-order valence-corrected chi connectivity index (χ2v) is 3.83. The molecule has 0 radical (unpaired) electrons. The molecule has 92 valence electrons. The lowest BCUT2D eigenvalue weighted by molar-refractivity contribution is -0.118. The van der Waals surface area contributed by atoms with Crippen LogP contribution in [0.2, 0.25) is 0 Å². The Morgan fingerprint density at radius 1 is 1.41 bits per heavy atom. The van der Waals surface area contributed by atoms with E-state index in [2.05, 4.69) is 9.98 Å². The number of halogens is 3. The minimum atomic E-state index is -4.26. The normalized spacial score (nSPS) is 16.4. The van der Waals surface area contributed by atoms with E-state index in [4.69, 9.17) is 4.74 Å². The molecule has 0 amide bonds. The van der Waals surface area contributed by atoms with E-state index in [1.165, 1.54) is 6.20 Å². The fourth-order valence-corrected chi connectivity index (χ4v) is 1.15. The summed E-state index contributed by atoms with van der Waals surface area (Å²) in [6.45, 7) is -1.17. The summed E-state index contributed by atoms with van der Waals surface area (Å²) >= 11 is 0. The van der Waals surface area contributed by atoms with Gasteiger partial charge < -0.3 is 4.74 Å². The maximum atomic E-state index is 11.8. The third kappa shape index (κ3) is 4.42. The predicted octanol–water partition coefficient (Wildman–Crippen LogP) is 2.60. The van der Waals surface area contributed by atoms with Gasteiger partial charge in [-0.1, -0.05) is 0 Å². The Morgan fingerprint density at radius 2 is 2.18 bits per heavy atom. The van der Waals surface area contributed by atoms with Crippen molar-refractivity contribution in [3.05, 3.63) is 23.9 Å². The number of aromatic nitrogens is 1. The molecule has 1 heterocycles. The largest absolute Gasteiger partial charge is 0.474 e. The Bertz CT molecular complexity index is 396. The predicted molar refractivity (Wildman–Crippen MR) is 56.4 cm³/mol. The van der Waals surface area contributed by atoms with Gasteiger partial charge in [-0.3, -0.25) is 4.99 Å². The molecule has 0 spiro atoms. The van der Waals surface area contributed by atoms with Crippen LogP contribution in [0, 0.1) is 0 Å². The fraction of sp³-hybridized carbons (Fsp3) is 0.455. The molecule has 1 aliphatic rings. The highest BCUT2D eigenvalue weighted by atomic mass is 19.4. The van der Waals surface area contributed by atoms with Crippen LogP contribution in [0.5, 0.6) is 5.88 Å². The summed E-state index contributed by atoms with van der Waals surface area (Å²) in [5.41, 5.74) is 0.525. The van der Waals surface area contributed by atoms with Crippen LogP contribution in [-0.4, -0.2) is 30.0 Å². The van der Waals surface area contributed by atoms with E-state index < -0.39 is 12.7 Å². The van der Waals surface area contributed by atoms with Crippen molar-refractivity contribution in [2.75, 3.05) is 6.54 Å². The molecule has 0 atom stereocenters. The number of hydrogen-bond acceptors (Lipinski definition) is 3. The number of pyridine rings is 1. The van der Waals surface area contributed by atoms with Crippen LogP contribution in [0.4, 0.5) is 13.2 Å². The third-order valence-corrected chi connectivity index (χ3v) is 2.08. The highest BCUT2D eigenvalue weighted by Gasteiger charge is 2.26. The number of ether oxygens (including phenoxy) is 1. The van der Waals surface area contributed by atoms with Crippen molar-refractivity contribution in [3.63, 3.8) is 0 Å². The van der Waals surface area contributed by atoms with Crippen LogP contribution in [0.15, 0.2) is 23.3 Å². The van der Waals surface area contributed by atoms with Crippen molar-refractivity contribution in [3.8, 4) is 5.88 Å². The standard InChI is InChI=1S/C11H11F3N2O/c12-11(13,14)7-15-5-8-1-4-10(16-6-8)17-9-2-3-9/h1,4-6,9H,2-3,7H2/b15-5+. The van der Waals surface area contributed by atoms with E-state index in [1.54, 1.807) is 12.1 Å². The van der Waals surface area contributed by atoms with Gasteiger partial charge in [0.15, 0.2) is 0 Å². The van der Waals surface area contributed by atoms with E-state index in [9.17, 15) is 13.2 Å². The molecular formula is C11H11F3N2O. The molecule has 0 saturated heterocycles. The molecule has 1 aliphatic carbocycles. The molecule has 3 nitrogen and oxygen atoms in total. The second kappa shape index (κ2) is 4.73. The quantitative estimate of drug-likeness (QED) is 0.763. The summed E-state index contributed by atoms with van der Waals surface area (Å²) < 4.78 is 40.9. The molecule has 1 aromatic heterocycles. The first-order valence-corrected chi connectivity index (χ1v) is 5.22. The third-order valence-electron chi connectivity index (χ3n) is 2.08. The first kappa shape index (κ1) is 11.9. The van der Waals surface area contributed by atoms with Gasteiger partial charge in [0, 0.05) is 24.0 Å². The zero-order valence-corrected chi connectivity index (χ0v) is 8.94. The van der Waals surface area contributed by atoms with E-state index in [0.717, 1.165) is 19.1 Å². The van der Waals surface area contributed by atoms with Crippen molar-refractivity contribution in [1.29, 1.82) is 0 Å². The van der Waals surface area contributed by atoms with Crippen LogP contribution in [0.3, 0.4) is 0 Å². The highest BCUT2D eigenvalue weighted by molar-refractivity contribution is 5.79. The van der Waals surface area contributed by atoms with E-state index >= 15 is 0 Å². The Kier molecular flexibility index (Phi) is 3.31. The van der Waals surface area contributed by atoms with Gasteiger partial charge >= 0.3 is 6.18 Å². The maximum absolute atomic E-state index is 11.8. The zero-order valence-electron chi connectivity index (χ0n) is 8.94. The van der Waals surface area contributed by atoms with Crippen molar-refractivity contribution >= 4 is 6.21 Å². The van der Waals surface area contributed by atoms with Crippen LogP contribution in [-0.2, 0) is 0 Å². The second-order valence-electron chi connectivity index (χ2n) is 3.83. The summed E-state index contributed by atoms with van der Waals surface area (Å²) in [4.78, 5) is 7.26. The van der Waals surface area contributed by atoms with Crippen LogP contribution < -0.4 is 4.74 Å². The van der Waals surface area contributed by atoms with Gasteiger partial charge in [0.25, 0.3) is 0 Å². The molecule has 17 heavy (non-hydrogen) atoms. The lowest BCUT2D eigenvalue weighted by Gasteiger charge is -2.02. The highest BCUT2D eigenvalue weighted by Crippen LogP contribution is 2.25. The Hall–Kier alpha value is -1.59. The first-order chi connectivity index (χ1) is 8.03. The molecule has 0 N–H and O–H groups in total. The van der Waals surface area contributed by atoms with E-state index in [0.29, 0.717) is 11.4 Å². The zero-order chi connectivity index (χ0) is 12.3. The fourth-order valence-electron chi connectivity index (χ4n) is 1.15. The van der Waals surface area contributed by atoms with Gasteiger partial charge in [0.1, 0.15) is 12.6 Å². The Labute approximate surface area is 96.3 Å².